The van der Waals surface area contributed by atoms with E-state index in [9.17, 15) is 9.90 Å². The van der Waals surface area contributed by atoms with Crippen LogP contribution in [0.4, 0.5) is 4.79 Å². The van der Waals surface area contributed by atoms with Crippen LogP contribution in [0.15, 0.2) is 18.2 Å². The zero-order chi connectivity index (χ0) is 16.0. The van der Waals surface area contributed by atoms with Gasteiger partial charge in [0.05, 0.1) is 11.6 Å². The minimum absolute atomic E-state index is 0.0737. The van der Waals surface area contributed by atoms with E-state index in [1.54, 1.807) is 18.7 Å². The summed E-state index contributed by atoms with van der Waals surface area (Å²) in [5.74, 6) is 0.583. The number of rotatable bonds is 6. The van der Waals surface area contributed by atoms with Crippen molar-refractivity contribution in [3.8, 4) is 0 Å². The Kier molecular flexibility index (Phi) is 6.55. The Hall–Kier alpha value is -1.20. The third kappa shape index (κ3) is 5.59. The van der Waals surface area contributed by atoms with Crippen LogP contribution in [0, 0.1) is 13.8 Å². The standard InChI is InChI=1S/C16H26N2O2S/c1-11-7-6-8-14(12(11)2)13(3)18-15(19)17-9-16(4,20)10-21-5/h6-8,13,20H,9-10H2,1-5H3,(H2,17,18,19). The monoisotopic (exact) mass is 310 g/mol. The molecule has 0 bridgehead atoms. The molecule has 1 rings (SSSR count). The molecule has 2 amide bonds. The Morgan fingerprint density at radius 1 is 1.43 bits per heavy atom. The van der Waals surface area contributed by atoms with E-state index in [0.29, 0.717) is 5.75 Å². The van der Waals surface area contributed by atoms with E-state index in [2.05, 4.69) is 30.5 Å². The first-order valence-electron chi connectivity index (χ1n) is 7.08. The molecule has 3 N–H and O–H groups in total. The highest BCUT2D eigenvalue weighted by Gasteiger charge is 2.21. The van der Waals surface area contributed by atoms with Gasteiger partial charge in [-0.25, -0.2) is 4.79 Å². The summed E-state index contributed by atoms with van der Waals surface area (Å²) in [5, 5.41) is 15.7. The van der Waals surface area contributed by atoms with Crippen LogP contribution in [0.25, 0.3) is 0 Å². The van der Waals surface area contributed by atoms with Gasteiger partial charge in [-0.15, -0.1) is 0 Å². The number of benzene rings is 1. The van der Waals surface area contributed by atoms with Crippen molar-refractivity contribution in [2.45, 2.75) is 39.3 Å². The van der Waals surface area contributed by atoms with Crippen molar-refractivity contribution in [3.05, 3.63) is 34.9 Å². The lowest BCUT2D eigenvalue weighted by molar-refractivity contribution is 0.0868. The molecular weight excluding hydrogens is 284 g/mol. The number of carbonyl (C=O) groups is 1. The zero-order valence-electron chi connectivity index (χ0n) is 13.5. The summed E-state index contributed by atoms with van der Waals surface area (Å²) in [4.78, 5) is 11.9. The number of thioether (sulfide) groups is 1. The number of nitrogens with one attached hydrogen (secondary N) is 2. The first kappa shape index (κ1) is 17.9. The summed E-state index contributed by atoms with van der Waals surface area (Å²) < 4.78 is 0. The molecule has 0 heterocycles. The summed E-state index contributed by atoms with van der Waals surface area (Å²) in [6, 6.07) is 5.75. The first-order chi connectivity index (χ1) is 9.76. The van der Waals surface area contributed by atoms with Crippen LogP contribution in [0.3, 0.4) is 0 Å². The van der Waals surface area contributed by atoms with E-state index < -0.39 is 5.60 Å². The molecule has 0 fully saturated rings. The lowest BCUT2D eigenvalue weighted by Gasteiger charge is -2.24. The van der Waals surface area contributed by atoms with E-state index >= 15 is 0 Å². The van der Waals surface area contributed by atoms with Crippen LogP contribution < -0.4 is 10.6 Å². The second kappa shape index (κ2) is 7.71. The first-order valence-corrected chi connectivity index (χ1v) is 8.48. The fraction of sp³-hybridized carbons (Fsp3) is 0.562. The molecule has 0 saturated heterocycles. The molecule has 0 aliphatic heterocycles. The quantitative estimate of drug-likeness (QED) is 0.757. The van der Waals surface area contributed by atoms with Crippen molar-refractivity contribution in [3.63, 3.8) is 0 Å². The van der Waals surface area contributed by atoms with Crippen LogP contribution in [0.5, 0.6) is 0 Å². The molecule has 0 spiro atoms. The van der Waals surface area contributed by atoms with E-state index in [4.69, 9.17) is 0 Å². The summed E-state index contributed by atoms with van der Waals surface area (Å²) in [7, 11) is 0. The van der Waals surface area contributed by atoms with Crippen molar-refractivity contribution in [1.29, 1.82) is 0 Å². The van der Waals surface area contributed by atoms with Crippen molar-refractivity contribution < 1.29 is 9.90 Å². The SMILES string of the molecule is CSCC(C)(O)CNC(=O)NC(C)c1cccc(C)c1C. The average molecular weight is 310 g/mol. The molecular formula is C16H26N2O2S. The van der Waals surface area contributed by atoms with E-state index in [1.807, 2.05) is 25.3 Å². The van der Waals surface area contributed by atoms with Crippen molar-refractivity contribution in [2.24, 2.45) is 0 Å². The van der Waals surface area contributed by atoms with Gasteiger partial charge in [0.1, 0.15) is 0 Å². The molecule has 2 unspecified atom stereocenters. The minimum Gasteiger partial charge on any atom is -0.387 e. The van der Waals surface area contributed by atoms with E-state index in [-0.39, 0.29) is 18.6 Å². The van der Waals surface area contributed by atoms with Crippen molar-refractivity contribution in [1.82, 2.24) is 10.6 Å². The largest absolute Gasteiger partial charge is 0.387 e. The number of hydrogen-bond donors (Lipinski definition) is 3. The van der Waals surface area contributed by atoms with Gasteiger partial charge >= 0.3 is 6.03 Å². The fourth-order valence-electron chi connectivity index (χ4n) is 2.20. The molecule has 1 aromatic carbocycles. The van der Waals surface area contributed by atoms with Gasteiger partial charge in [0.2, 0.25) is 0 Å². The van der Waals surface area contributed by atoms with Crippen LogP contribution in [-0.2, 0) is 0 Å². The van der Waals surface area contributed by atoms with Crippen LogP contribution in [0.2, 0.25) is 0 Å². The van der Waals surface area contributed by atoms with Crippen LogP contribution in [0.1, 0.15) is 36.6 Å². The molecule has 118 valence electrons. The number of aryl methyl sites for hydroxylation is 1. The summed E-state index contributed by atoms with van der Waals surface area (Å²) >= 11 is 1.55. The highest BCUT2D eigenvalue weighted by molar-refractivity contribution is 7.98. The Bertz CT molecular complexity index is 489. The smallest absolute Gasteiger partial charge is 0.315 e. The zero-order valence-corrected chi connectivity index (χ0v) is 14.3. The van der Waals surface area contributed by atoms with Gasteiger partial charge in [0.15, 0.2) is 0 Å². The number of carbonyl (C=O) groups excluding carboxylic acids is 1. The number of hydrogen-bond acceptors (Lipinski definition) is 3. The second-order valence-electron chi connectivity index (χ2n) is 5.77. The summed E-state index contributed by atoms with van der Waals surface area (Å²) in [6.45, 7) is 8.04. The predicted octanol–water partition coefficient (Wildman–Crippen LogP) is 2.78. The van der Waals surface area contributed by atoms with Crippen molar-refractivity contribution >= 4 is 17.8 Å². The highest BCUT2D eigenvalue weighted by Crippen LogP contribution is 2.19. The lowest BCUT2D eigenvalue weighted by atomic mass is 9.98. The number of amides is 2. The summed E-state index contributed by atoms with van der Waals surface area (Å²) in [6.07, 6.45) is 1.93. The minimum atomic E-state index is -0.890. The van der Waals surface area contributed by atoms with E-state index in [0.717, 1.165) is 5.56 Å². The molecule has 0 aliphatic carbocycles. The maximum Gasteiger partial charge on any atom is 0.315 e. The molecule has 2 atom stereocenters. The van der Waals surface area contributed by atoms with Gasteiger partial charge in [-0.05, 0) is 50.6 Å². The van der Waals surface area contributed by atoms with Gasteiger partial charge in [-0.2, -0.15) is 11.8 Å². The number of aliphatic hydroxyl groups is 1. The Morgan fingerprint density at radius 2 is 2.10 bits per heavy atom. The topological polar surface area (TPSA) is 61.4 Å². The normalized spacial score (nSPS) is 15.1. The predicted molar refractivity (Wildman–Crippen MR) is 89.9 cm³/mol. The highest BCUT2D eigenvalue weighted by atomic mass is 32.2. The van der Waals surface area contributed by atoms with Crippen LogP contribution >= 0.6 is 11.8 Å². The molecule has 5 heteroatoms. The molecule has 4 nitrogen and oxygen atoms in total. The Labute approximate surface area is 131 Å². The molecule has 0 radical (unpaired) electrons. The van der Waals surface area contributed by atoms with Gasteiger partial charge in [-0.3, -0.25) is 0 Å². The molecule has 0 aliphatic rings. The lowest BCUT2D eigenvalue weighted by Crippen LogP contribution is -2.46. The average Bonchev–Trinajstić information content (AvgIpc) is 2.39. The third-order valence-corrected chi connectivity index (χ3v) is 4.46. The maximum absolute atomic E-state index is 11.9. The molecule has 0 saturated carbocycles. The molecule has 1 aromatic rings. The van der Waals surface area contributed by atoms with Crippen LogP contribution in [-0.4, -0.2) is 35.3 Å². The second-order valence-corrected chi connectivity index (χ2v) is 6.63. The fourth-order valence-corrected chi connectivity index (χ4v) is 2.92. The molecule has 0 aromatic heterocycles. The summed E-state index contributed by atoms with van der Waals surface area (Å²) in [5.41, 5.74) is 2.63. The van der Waals surface area contributed by atoms with Gasteiger partial charge in [0, 0.05) is 12.3 Å². The molecule has 21 heavy (non-hydrogen) atoms. The van der Waals surface area contributed by atoms with Gasteiger partial charge in [0.25, 0.3) is 0 Å². The third-order valence-electron chi connectivity index (χ3n) is 3.55. The Morgan fingerprint density at radius 3 is 2.71 bits per heavy atom. The Balaban J connectivity index is 2.57. The van der Waals surface area contributed by atoms with Gasteiger partial charge in [-0.1, -0.05) is 18.2 Å². The maximum atomic E-state index is 11.9. The van der Waals surface area contributed by atoms with Crippen molar-refractivity contribution in [2.75, 3.05) is 18.6 Å². The van der Waals surface area contributed by atoms with Gasteiger partial charge < -0.3 is 15.7 Å². The number of urea groups is 1. The van der Waals surface area contributed by atoms with E-state index in [1.165, 1.54) is 11.1 Å².